The van der Waals surface area contributed by atoms with Crippen LogP contribution in [0.2, 0.25) is 0 Å². The van der Waals surface area contributed by atoms with Crippen LogP contribution in [0.15, 0.2) is 96.0 Å². The summed E-state index contributed by atoms with van der Waals surface area (Å²) in [7, 11) is -3.40. The van der Waals surface area contributed by atoms with Crippen LogP contribution < -0.4 is 10.6 Å². The molecule has 5 rings (SSSR count). The molecule has 0 aromatic heterocycles. The first-order valence-electron chi connectivity index (χ1n) is 11.1. The van der Waals surface area contributed by atoms with E-state index in [0.29, 0.717) is 23.1 Å². The van der Waals surface area contributed by atoms with Crippen LogP contribution in [0, 0.1) is 0 Å². The van der Waals surface area contributed by atoms with Gasteiger partial charge in [-0.25, -0.2) is 9.66 Å². The molecule has 1 fully saturated rings. The van der Waals surface area contributed by atoms with Crippen molar-refractivity contribution in [3.63, 3.8) is 0 Å². The molecule has 0 amide bonds. The van der Waals surface area contributed by atoms with E-state index in [1.54, 1.807) is 0 Å². The lowest BCUT2D eigenvalue weighted by Crippen LogP contribution is -2.30. The Bertz CT molecular complexity index is 1170. The Hall–Kier alpha value is -2.68. The van der Waals surface area contributed by atoms with Crippen molar-refractivity contribution in [3.05, 3.63) is 96.6 Å². The number of benzene rings is 3. The highest BCUT2D eigenvalue weighted by Crippen LogP contribution is 2.70. The molecule has 158 valence electrons. The lowest BCUT2D eigenvalue weighted by molar-refractivity contribution is 0.267. The van der Waals surface area contributed by atoms with E-state index in [9.17, 15) is 1.37 Å². The van der Waals surface area contributed by atoms with Gasteiger partial charge in [0.1, 0.15) is 12.1 Å². The molecular weight excluding hydrogens is 403 g/mol. The summed E-state index contributed by atoms with van der Waals surface area (Å²) in [6, 6.07) is 27.3. The van der Waals surface area contributed by atoms with E-state index in [4.69, 9.17) is 9.73 Å². The molecule has 2 aliphatic heterocycles. The molecule has 0 aliphatic carbocycles. The maximum atomic E-state index is 15.2. The summed E-state index contributed by atoms with van der Waals surface area (Å²) in [6.07, 6.45) is 0. The van der Waals surface area contributed by atoms with E-state index >= 15 is 4.57 Å². The Kier molecular flexibility index (Phi) is 4.41. The highest BCUT2D eigenvalue weighted by atomic mass is 31.2. The molecule has 2 aliphatic rings. The molecule has 3 atom stereocenters. The van der Waals surface area contributed by atoms with Crippen LogP contribution in [0.25, 0.3) is 0 Å². The maximum absolute atomic E-state index is 15.2. The van der Waals surface area contributed by atoms with Crippen LogP contribution in [0.5, 0.6) is 0 Å². The van der Waals surface area contributed by atoms with Gasteiger partial charge in [0, 0.05) is 10.6 Å². The zero-order valence-corrected chi connectivity index (χ0v) is 18.9. The Morgan fingerprint density at radius 1 is 0.903 bits per heavy atom. The molecule has 3 aromatic carbocycles. The Morgan fingerprint density at radius 2 is 1.39 bits per heavy atom. The van der Waals surface area contributed by atoms with Crippen molar-refractivity contribution < 1.29 is 10.7 Å². The summed E-state index contributed by atoms with van der Waals surface area (Å²) in [5.74, 6) is 0.480. The van der Waals surface area contributed by atoms with Crippen molar-refractivity contribution in [2.24, 2.45) is 4.99 Å². The highest BCUT2D eigenvalue weighted by molar-refractivity contribution is 7.77. The smallest absolute Gasteiger partial charge is 0.208 e. The second-order valence-corrected chi connectivity index (χ2v) is 11.4. The van der Waals surface area contributed by atoms with Crippen molar-refractivity contribution in [1.29, 1.82) is 0 Å². The zero-order valence-electron chi connectivity index (χ0n) is 19.0. The average Bonchev–Trinajstić information content (AvgIpc) is 3.12. The average molecular weight is 431 g/mol. The van der Waals surface area contributed by atoms with Crippen molar-refractivity contribution >= 4 is 23.8 Å². The molecule has 0 spiro atoms. The Balaban J connectivity index is 1.77. The van der Waals surface area contributed by atoms with Gasteiger partial charge in [-0.05, 0) is 50.6 Å². The van der Waals surface area contributed by atoms with E-state index in [0.717, 1.165) is 5.56 Å². The summed E-state index contributed by atoms with van der Waals surface area (Å²) in [5.41, 5.74) is -0.595. The fraction of sp³-hybridized carbons (Fsp3) is 0.269. The molecule has 1 unspecified atom stereocenters. The minimum absolute atomic E-state index is 0.381. The summed E-state index contributed by atoms with van der Waals surface area (Å²) < 4.78 is 32.8. The summed E-state index contributed by atoms with van der Waals surface area (Å²) >= 11 is 0. The highest BCUT2D eigenvalue weighted by Gasteiger charge is 2.72. The molecular formula is C26H27N2O2P. The number of hydrogen-bond donors (Lipinski definition) is 0. The van der Waals surface area contributed by atoms with Crippen LogP contribution in [0.1, 0.15) is 33.7 Å². The SMILES string of the molecule is [2H][C@]1(c2ccccc2)N(P(=O)(c2ccccc2)c2ccccc2)[C@@]1(C)C1=NC(C)(C)CO1. The molecule has 3 aromatic rings. The van der Waals surface area contributed by atoms with Gasteiger partial charge in [-0.2, -0.15) is 0 Å². The van der Waals surface area contributed by atoms with Crippen molar-refractivity contribution in [2.75, 3.05) is 6.61 Å². The summed E-state index contributed by atoms with van der Waals surface area (Å²) in [5, 5.41) is 1.39. The quantitative estimate of drug-likeness (QED) is 0.425. The zero-order chi connectivity index (χ0) is 22.6. The van der Waals surface area contributed by atoms with Gasteiger partial charge in [0.2, 0.25) is 13.2 Å². The number of ether oxygens (including phenoxy) is 1. The van der Waals surface area contributed by atoms with E-state index in [1.807, 2.05) is 116 Å². The monoisotopic (exact) mass is 431 g/mol. The first-order valence-corrected chi connectivity index (χ1v) is 12.2. The molecule has 0 N–H and O–H groups in total. The number of aliphatic imine (C=N–C) groups is 1. The third kappa shape index (κ3) is 3.17. The Labute approximate surface area is 185 Å². The second kappa shape index (κ2) is 7.19. The molecule has 31 heavy (non-hydrogen) atoms. The first-order chi connectivity index (χ1) is 15.2. The maximum Gasteiger partial charge on any atom is 0.208 e. The van der Waals surface area contributed by atoms with E-state index in [-0.39, 0.29) is 5.54 Å². The third-order valence-electron chi connectivity index (χ3n) is 5.97. The largest absolute Gasteiger partial charge is 0.477 e. The molecule has 0 radical (unpaired) electrons. The van der Waals surface area contributed by atoms with Crippen molar-refractivity contribution in [1.82, 2.24) is 4.67 Å². The van der Waals surface area contributed by atoms with E-state index < -0.39 is 18.8 Å². The van der Waals surface area contributed by atoms with Crippen molar-refractivity contribution in [3.8, 4) is 0 Å². The first kappa shape index (κ1) is 19.0. The summed E-state index contributed by atoms with van der Waals surface area (Å²) in [6.45, 7) is 6.40. The van der Waals surface area contributed by atoms with E-state index in [1.165, 1.54) is 0 Å². The minimum atomic E-state index is -3.40. The molecule has 5 heteroatoms. The Morgan fingerprint density at radius 3 is 1.84 bits per heavy atom. The fourth-order valence-electron chi connectivity index (χ4n) is 4.41. The van der Waals surface area contributed by atoms with Crippen LogP contribution in [0.3, 0.4) is 0 Å². The van der Waals surface area contributed by atoms with Crippen LogP contribution >= 0.6 is 7.29 Å². The molecule has 4 nitrogen and oxygen atoms in total. The topological polar surface area (TPSA) is 41.7 Å². The van der Waals surface area contributed by atoms with Gasteiger partial charge >= 0.3 is 0 Å². The van der Waals surface area contributed by atoms with Gasteiger partial charge in [-0.3, -0.25) is 4.57 Å². The normalized spacial score (nSPS) is 29.6. The van der Waals surface area contributed by atoms with Gasteiger partial charge in [-0.1, -0.05) is 66.7 Å². The molecule has 0 bridgehead atoms. The number of hydrogen-bond acceptors (Lipinski definition) is 3. The van der Waals surface area contributed by atoms with Gasteiger partial charge in [0.15, 0.2) is 0 Å². The lowest BCUT2D eigenvalue weighted by atomic mass is 10.0. The van der Waals surface area contributed by atoms with E-state index in [2.05, 4.69) is 0 Å². The summed E-state index contributed by atoms with van der Waals surface area (Å²) in [4.78, 5) is 4.84. The number of nitrogens with zero attached hydrogens (tertiary/aromatic N) is 2. The predicted octanol–water partition coefficient (Wildman–Crippen LogP) is 4.94. The molecule has 0 saturated carbocycles. The van der Waals surface area contributed by atoms with Gasteiger partial charge in [0.25, 0.3) is 0 Å². The number of rotatable bonds is 5. The van der Waals surface area contributed by atoms with Crippen LogP contribution in [0.4, 0.5) is 0 Å². The fourth-order valence-corrected chi connectivity index (χ4v) is 7.61. The van der Waals surface area contributed by atoms with Gasteiger partial charge in [0.05, 0.1) is 12.9 Å². The molecule has 2 heterocycles. The van der Waals surface area contributed by atoms with Gasteiger partial charge < -0.3 is 4.74 Å². The van der Waals surface area contributed by atoms with Crippen LogP contribution in [-0.4, -0.2) is 28.3 Å². The van der Waals surface area contributed by atoms with Crippen LogP contribution in [-0.2, 0) is 9.30 Å². The predicted molar refractivity (Wildman–Crippen MR) is 127 cm³/mol. The third-order valence-corrected chi connectivity index (χ3v) is 9.13. The lowest BCUT2D eigenvalue weighted by Gasteiger charge is -2.24. The van der Waals surface area contributed by atoms with Gasteiger partial charge in [-0.15, -0.1) is 0 Å². The minimum Gasteiger partial charge on any atom is -0.477 e. The second-order valence-electron chi connectivity index (χ2n) is 8.86. The molecule has 1 saturated heterocycles. The standard InChI is InChI=1S/C26H27N2O2P/c1-25(2)19-30-24(27-25)26(3)23(20-13-7-4-8-14-20)28(26)31(29,21-15-9-5-10-16-21)22-17-11-6-12-18-22/h4-18,23H,19H2,1-3H3/t23-,26-,28?/m1/s1/i23D. The van der Waals surface area contributed by atoms with Crippen molar-refractivity contribution in [2.45, 2.75) is 37.9 Å².